The van der Waals surface area contributed by atoms with Crippen molar-refractivity contribution in [1.29, 1.82) is 0 Å². The number of carbonyl (C=O) groups is 1. The molecule has 1 aromatic heterocycles. The Morgan fingerprint density at radius 1 is 1.73 bits per heavy atom. The zero-order chi connectivity index (χ0) is 11.6. The molecule has 1 rings (SSSR count). The molecular formula is C9H14ClN3O2. The van der Waals surface area contributed by atoms with Gasteiger partial charge in [0.2, 0.25) is 0 Å². The van der Waals surface area contributed by atoms with Gasteiger partial charge in [-0.1, -0.05) is 18.5 Å². The van der Waals surface area contributed by atoms with Gasteiger partial charge in [-0.05, 0) is 18.9 Å². The number of aromatic nitrogens is 2. The van der Waals surface area contributed by atoms with Crippen molar-refractivity contribution in [2.45, 2.75) is 13.3 Å². The summed E-state index contributed by atoms with van der Waals surface area (Å²) in [5.74, 6) is -0.874. The van der Waals surface area contributed by atoms with Gasteiger partial charge in [-0.25, -0.2) is 4.79 Å². The highest BCUT2D eigenvalue weighted by molar-refractivity contribution is 6.30. The Hall–Kier alpha value is -1.07. The Balaban J connectivity index is 3.08. The maximum Gasteiger partial charge on any atom is 0.356 e. The van der Waals surface area contributed by atoms with E-state index in [0.717, 1.165) is 0 Å². The highest BCUT2D eigenvalue weighted by Gasteiger charge is 2.21. The molecule has 0 bridgehead atoms. The minimum Gasteiger partial charge on any atom is -0.476 e. The van der Waals surface area contributed by atoms with Gasteiger partial charge in [0.25, 0.3) is 0 Å². The van der Waals surface area contributed by atoms with Gasteiger partial charge >= 0.3 is 5.97 Å². The Labute approximate surface area is 92.8 Å². The van der Waals surface area contributed by atoms with Gasteiger partial charge in [-0.3, -0.25) is 4.68 Å². The van der Waals surface area contributed by atoms with E-state index in [2.05, 4.69) is 5.10 Å². The highest BCUT2D eigenvalue weighted by atomic mass is 35.5. The molecule has 0 spiro atoms. The summed E-state index contributed by atoms with van der Waals surface area (Å²) in [7, 11) is 1.62. The summed E-state index contributed by atoms with van der Waals surface area (Å²) in [4.78, 5) is 10.9. The number of carboxylic acid groups (broad SMARTS) is 1. The Morgan fingerprint density at radius 3 is 2.80 bits per heavy atom. The second kappa shape index (κ2) is 4.63. The number of aromatic carboxylic acids is 1. The number of halogens is 1. The number of hydrogen-bond donors (Lipinski definition) is 2. The normalized spacial score (nSPS) is 12.8. The molecule has 1 aromatic rings. The molecule has 0 saturated heterocycles. The van der Waals surface area contributed by atoms with Crippen LogP contribution in [0.1, 0.15) is 23.0 Å². The van der Waals surface area contributed by atoms with Gasteiger partial charge in [0.15, 0.2) is 5.69 Å². The molecule has 0 fully saturated rings. The molecule has 1 unspecified atom stereocenters. The van der Waals surface area contributed by atoms with E-state index in [4.69, 9.17) is 22.4 Å². The zero-order valence-electron chi connectivity index (χ0n) is 8.70. The third-order valence-electron chi connectivity index (χ3n) is 2.23. The SMILES string of the molecule is CC(CN)Cc1c(C(=O)O)nn(C)c1Cl. The van der Waals surface area contributed by atoms with Crippen molar-refractivity contribution < 1.29 is 9.90 Å². The van der Waals surface area contributed by atoms with Crippen LogP contribution in [0.5, 0.6) is 0 Å². The molecule has 0 aliphatic rings. The zero-order valence-corrected chi connectivity index (χ0v) is 9.45. The van der Waals surface area contributed by atoms with Gasteiger partial charge in [0, 0.05) is 12.6 Å². The first-order valence-corrected chi connectivity index (χ1v) is 4.99. The standard InChI is InChI=1S/C9H14ClN3O2/c1-5(4-11)3-6-7(9(14)15)12-13(2)8(6)10/h5H,3-4,11H2,1-2H3,(H,14,15). The predicted octanol–water partition coefficient (Wildman–Crippen LogP) is 0.909. The van der Waals surface area contributed by atoms with E-state index in [-0.39, 0.29) is 11.6 Å². The van der Waals surface area contributed by atoms with E-state index in [1.54, 1.807) is 7.05 Å². The monoisotopic (exact) mass is 231 g/mol. The number of nitrogens with two attached hydrogens (primary N) is 1. The lowest BCUT2D eigenvalue weighted by atomic mass is 10.0. The van der Waals surface area contributed by atoms with E-state index >= 15 is 0 Å². The lowest BCUT2D eigenvalue weighted by Crippen LogP contribution is -2.14. The van der Waals surface area contributed by atoms with Crippen molar-refractivity contribution >= 4 is 17.6 Å². The number of aryl methyl sites for hydroxylation is 1. The average Bonchev–Trinajstić information content (AvgIpc) is 2.46. The fourth-order valence-electron chi connectivity index (χ4n) is 1.33. The lowest BCUT2D eigenvalue weighted by molar-refractivity contribution is 0.0688. The van der Waals surface area contributed by atoms with Crippen LogP contribution in [0.3, 0.4) is 0 Å². The molecule has 1 heterocycles. The first-order valence-electron chi connectivity index (χ1n) is 4.62. The quantitative estimate of drug-likeness (QED) is 0.807. The van der Waals surface area contributed by atoms with Gasteiger partial charge in [0.05, 0.1) is 0 Å². The number of nitrogens with zero attached hydrogens (tertiary/aromatic N) is 2. The largest absolute Gasteiger partial charge is 0.476 e. The number of hydrogen-bond acceptors (Lipinski definition) is 3. The molecule has 0 radical (unpaired) electrons. The average molecular weight is 232 g/mol. The Morgan fingerprint density at radius 2 is 2.33 bits per heavy atom. The van der Waals surface area contributed by atoms with Crippen LogP contribution in [0.25, 0.3) is 0 Å². The van der Waals surface area contributed by atoms with Crippen molar-refractivity contribution in [2.24, 2.45) is 18.7 Å². The van der Waals surface area contributed by atoms with Crippen molar-refractivity contribution in [3.63, 3.8) is 0 Å². The second-order valence-electron chi connectivity index (χ2n) is 3.59. The maximum atomic E-state index is 10.9. The molecule has 0 saturated carbocycles. The third-order valence-corrected chi connectivity index (χ3v) is 2.70. The van der Waals surface area contributed by atoms with E-state index in [1.807, 2.05) is 6.92 Å². The summed E-state index contributed by atoms with van der Waals surface area (Å²) in [6, 6.07) is 0. The van der Waals surface area contributed by atoms with Crippen LogP contribution < -0.4 is 5.73 Å². The minimum absolute atomic E-state index is 0.0165. The van der Waals surface area contributed by atoms with Crippen molar-refractivity contribution in [3.05, 3.63) is 16.4 Å². The topological polar surface area (TPSA) is 81.1 Å². The first-order chi connectivity index (χ1) is 6.97. The van der Waals surface area contributed by atoms with E-state index < -0.39 is 5.97 Å². The number of carboxylic acids is 1. The molecule has 3 N–H and O–H groups in total. The van der Waals surface area contributed by atoms with Crippen LogP contribution in [-0.2, 0) is 13.5 Å². The maximum absolute atomic E-state index is 10.9. The van der Waals surface area contributed by atoms with Crippen LogP contribution in [0.4, 0.5) is 0 Å². The Kier molecular flexibility index (Phi) is 3.71. The predicted molar refractivity (Wildman–Crippen MR) is 57.1 cm³/mol. The van der Waals surface area contributed by atoms with Crippen LogP contribution in [0.2, 0.25) is 5.15 Å². The molecule has 1 atom stereocenters. The van der Waals surface area contributed by atoms with Crippen molar-refractivity contribution in [2.75, 3.05) is 6.54 Å². The third kappa shape index (κ3) is 2.49. The molecule has 0 aromatic carbocycles. The van der Waals surface area contributed by atoms with Crippen LogP contribution in [0.15, 0.2) is 0 Å². The molecular weight excluding hydrogens is 218 g/mol. The second-order valence-corrected chi connectivity index (χ2v) is 3.95. The Bertz CT molecular complexity index is 376. The van der Waals surface area contributed by atoms with Gasteiger partial charge in [-0.2, -0.15) is 5.10 Å². The summed E-state index contributed by atoms with van der Waals surface area (Å²) in [5, 5.41) is 13.1. The van der Waals surface area contributed by atoms with Gasteiger partial charge in [-0.15, -0.1) is 0 Å². The fraction of sp³-hybridized carbons (Fsp3) is 0.556. The van der Waals surface area contributed by atoms with Crippen molar-refractivity contribution in [3.8, 4) is 0 Å². The first kappa shape index (κ1) is 12.0. The molecule has 6 heteroatoms. The van der Waals surface area contributed by atoms with Gasteiger partial charge < -0.3 is 10.8 Å². The lowest BCUT2D eigenvalue weighted by Gasteiger charge is -2.07. The highest BCUT2D eigenvalue weighted by Crippen LogP contribution is 2.22. The molecule has 15 heavy (non-hydrogen) atoms. The minimum atomic E-state index is -1.06. The summed E-state index contributed by atoms with van der Waals surface area (Å²) in [6.07, 6.45) is 0.533. The van der Waals surface area contributed by atoms with Crippen molar-refractivity contribution in [1.82, 2.24) is 9.78 Å². The molecule has 0 aliphatic heterocycles. The molecule has 0 aliphatic carbocycles. The summed E-state index contributed by atoms with van der Waals surface area (Å²) in [5.41, 5.74) is 6.06. The summed E-state index contributed by atoms with van der Waals surface area (Å²) in [6.45, 7) is 2.43. The van der Waals surface area contributed by atoms with Gasteiger partial charge in [0.1, 0.15) is 5.15 Å². The van der Waals surface area contributed by atoms with E-state index in [1.165, 1.54) is 4.68 Å². The summed E-state index contributed by atoms with van der Waals surface area (Å²) >= 11 is 5.96. The fourth-order valence-corrected chi connectivity index (χ4v) is 1.54. The molecule has 84 valence electrons. The van der Waals surface area contributed by atoms with Crippen LogP contribution >= 0.6 is 11.6 Å². The van der Waals surface area contributed by atoms with Crippen LogP contribution in [0, 0.1) is 5.92 Å². The smallest absolute Gasteiger partial charge is 0.356 e. The van der Waals surface area contributed by atoms with Crippen LogP contribution in [-0.4, -0.2) is 27.4 Å². The van der Waals surface area contributed by atoms with E-state index in [0.29, 0.717) is 23.7 Å². The summed E-state index contributed by atoms with van der Waals surface area (Å²) < 4.78 is 1.36. The molecule has 5 nitrogen and oxygen atoms in total. The number of rotatable bonds is 4. The van der Waals surface area contributed by atoms with E-state index in [9.17, 15) is 4.79 Å². The molecule has 0 amide bonds.